The van der Waals surface area contributed by atoms with Crippen molar-refractivity contribution in [2.75, 3.05) is 13.2 Å². The Morgan fingerprint density at radius 1 is 1.22 bits per heavy atom. The minimum Gasteiger partial charge on any atom is -0.494 e. The second-order valence-electron chi connectivity index (χ2n) is 4.66. The van der Waals surface area contributed by atoms with Gasteiger partial charge in [-0.2, -0.15) is 0 Å². The Kier molecular flexibility index (Phi) is 4.88. The summed E-state index contributed by atoms with van der Waals surface area (Å²) in [4.78, 5) is 0. The van der Waals surface area contributed by atoms with Crippen LogP contribution in [0.3, 0.4) is 0 Å². The number of hydrogen-bond acceptors (Lipinski definition) is 3. The highest BCUT2D eigenvalue weighted by Gasteiger charge is 2.28. The third-order valence-electron chi connectivity index (χ3n) is 3.32. The van der Waals surface area contributed by atoms with Crippen molar-refractivity contribution < 1.29 is 9.47 Å². The largest absolute Gasteiger partial charge is 0.494 e. The highest BCUT2D eigenvalue weighted by atomic mass is 16.5. The molecule has 1 N–H and O–H groups in total. The topological polar surface area (TPSA) is 30.5 Å². The van der Waals surface area contributed by atoms with Crippen LogP contribution in [-0.2, 0) is 0 Å². The lowest BCUT2D eigenvalue weighted by atomic mass is 10.2. The third kappa shape index (κ3) is 3.39. The van der Waals surface area contributed by atoms with E-state index in [0.29, 0.717) is 18.8 Å². The molecule has 2 atom stereocenters. The predicted octanol–water partition coefficient (Wildman–Crippen LogP) is 2.99. The number of nitrogens with one attached hydrogen (secondary N) is 1. The summed E-state index contributed by atoms with van der Waals surface area (Å²) < 4.78 is 11.6. The standard InChI is InChI=1S/C15H23NO2/c1-3-16-14-9-6-10-15(14)18-13-8-5-7-12(11-13)17-4-2/h5,7-8,11,14-16H,3-4,6,9-10H2,1-2H3. The van der Waals surface area contributed by atoms with Gasteiger partial charge in [0, 0.05) is 12.1 Å². The molecule has 1 aromatic rings. The fourth-order valence-corrected chi connectivity index (χ4v) is 2.54. The molecule has 0 spiro atoms. The van der Waals surface area contributed by atoms with Crippen molar-refractivity contribution in [3.8, 4) is 11.5 Å². The van der Waals surface area contributed by atoms with Crippen molar-refractivity contribution in [3.05, 3.63) is 24.3 Å². The fourth-order valence-electron chi connectivity index (χ4n) is 2.54. The van der Waals surface area contributed by atoms with Gasteiger partial charge in [0.1, 0.15) is 17.6 Å². The minimum atomic E-state index is 0.293. The molecule has 1 fully saturated rings. The van der Waals surface area contributed by atoms with Crippen molar-refractivity contribution in [1.29, 1.82) is 0 Å². The van der Waals surface area contributed by atoms with Gasteiger partial charge in [0.2, 0.25) is 0 Å². The lowest BCUT2D eigenvalue weighted by Gasteiger charge is -2.22. The quantitative estimate of drug-likeness (QED) is 0.840. The average molecular weight is 249 g/mol. The highest BCUT2D eigenvalue weighted by Crippen LogP contribution is 2.27. The van der Waals surface area contributed by atoms with E-state index in [1.165, 1.54) is 12.8 Å². The van der Waals surface area contributed by atoms with Crippen LogP contribution in [0.5, 0.6) is 11.5 Å². The summed E-state index contributed by atoms with van der Waals surface area (Å²) in [5.41, 5.74) is 0. The van der Waals surface area contributed by atoms with Gasteiger partial charge in [-0.1, -0.05) is 13.0 Å². The maximum atomic E-state index is 6.08. The molecule has 0 radical (unpaired) electrons. The smallest absolute Gasteiger partial charge is 0.123 e. The first-order chi connectivity index (χ1) is 8.83. The summed E-state index contributed by atoms with van der Waals surface area (Å²) in [6.45, 7) is 5.83. The number of likely N-dealkylation sites (N-methyl/N-ethyl adjacent to an activating group) is 1. The molecule has 3 heteroatoms. The van der Waals surface area contributed by atoms with E-state index in [-0.39, 0.29) is 0 Å². The maximum Gasteiger partial charge on any atom is 0.123 e. The first-order valence-corrected chi connectivity index (χ1v) is 6.96. The summed E-state index contributed by atoms with van der Waals surface area (Å²) in [5.74, 6) is 1.80. The van der Waals surface area contributed by atoms with Crippen LogP contribution in [0.2, 0.25) is 0 Å². The first kappa shape index (κ1) is 13.2. The maximum absolute atomic E-state index is 6.08. The van der Waals surface area contributed by atoms with Gasteiger partial charge in [-0.25, -0.2) is 0 Å². The highest BCUT2D eigenvalue weighted by molar-refractivity contribution is 5.33. The van der Waals surface area contributed by atoms with Gasteiger partial charge >= 0.3 is 0 Å². The van der Waals surface area contributed by atoms with Crippen molar-refractivity contribution in [3.63, 3.8) is 0 Å². The van der Waals surface area contributed by atoms with E-state index in [9.17, 15) is 0 Å². The molecule has 0 aromatic heterocycles. The summed E-state index contributed by atoms with van der Waals surface area (Å²) >= 11 is 0. The van der Waals surface area contributed by atoms with E-state index in [1.807, 2.05) is 31.2 Å². The molecule has 1 aromatic carbocycles. The van der Waals surface area contributed by atoms with Gasteiger partial charge in [-0.3, -0.25) is 0 Å². The van der Waals surface area contributed by atoms with Gasteiger partial charge in [0.05, 0.1) is 6.61 Å². The van der Waals surface area contributed by atoms with Crippen molar-refractivity contribution >= 4 is 0 Å². The predicted molar refractivity (Wildman–Crippen MR) is 73.3 cm³/mol. The Bertz CT molecular complexity index is 367. The van der Waals surface area contributed by atoms with E-state index >= 15 is 0 Å². The molecule has 0 saturated heterocycles. The zero-order chi connectivity index (χ0) is 12.8. The van der Waals surface area contributed by atoms with E-state index < -0.39 is 0 Å². The Morgan fingerprint density at radius 3 is 2.83 bits per heavy atom. The summed E-state index contributed by atoms with van der Waals surface area (Å²) in [6, 6.07) is 8.42. The van der Waals surface area contributed by atoms with Gasteiger partial charge in [-0.15, -0.1) is 0 Å². The number of hydrogen-bond donors (Lipinski definition) is 1. The molecule has 100 valence electrons. The Morgan fingerprint density at radius 2 is 2.06 bits per heavy atom. The molecular formula is C15H23NO2. The van der Waals surface area contributed by atoms with Crippen LogP contribution in [0.15, 0.2) is 24.3 Å². The molecule has 0 bridgehead atoms. The third-order valence-corrected chi connectivity index (χ3v) is 3.32. The molecule has 0 heterocycles. The molecule has 0 aliphatic heterocycles. The van der Waals surface area contributed by atoms with Crippen LogP contribution in [0, 0.1) is 0 Å². The van der Waals surface area contributed by atoms with Crippen LogP contribution in [0.1, 0.15) is 33.1 Å². The summed E-state index contributed by atoms with van der Waals surface area (Å²) in [5, 5.41) is 3.50. The Labute approximate surface area is 109 Å². The van der Waals surface area contributed by atoms with Crippen molar-refractivity contribution in [2.24, 2.45) is 0 Å². The molecule has 1 aliphatic carbocycles. The van der Waals surface area contributed by atoms with E-state index in [0.717, 1.165) is 24.5 Å². The zero-order valence-electron chi connectivity index (χ0n) is 11.3. The lowest BCUT2D eigenvalue weighted by Crippen LogP contribution is -2.38. The fraction of sp³-hybridized carbons (Fsp3) is 0.600. The second-order valence-corrected chi connectivity index (χ2v) is 4.66. The van der Waals surface area contributed by atoms with Gasteiger partial charge in [-0.05, 0) is 44.9 Å². The first-order valence-electron chi connectivity index (χ1n) is 6.96. The number of ether oxygens (including phenoxy) is 2. The Hall–Kier alpha value is -1.22. The molecule has 1 aliphatic rings. The van der Waals surface area contributed by atoms with Gasteiger partial charge in [0.15, 0.2) is 0 Å². The average Bonchev–Trinajstić information content (AvgIpc) is 2.78. The molecule has 2 rings (SSSR count). The molecular weight excluding hydrogens is 226 g/mol. The molecule has 18 heavy (non-hydrogen) atoms. The van der Waals surface area contributed by atoms with Crippen molar-refractivity contribution in [2.45, 2.75) is 45.3 Å². The van der Waals surface area contributed by atoms with Crippen LogP contribution >= 0.6 is 0 Å². The molecule has 3 nitrogen and oxygen atoms in total. The van der Waals surface area contributed by atoms with Crippen LogP contribution in [0.25, 0.3) is 0 Å². The van der Waals surface area contributed by atoms with Gasteiger partial charge in [0.25, 0.3) is 0 Å². The minimum absolute atomic E-state index is 0.293. The summed E-state index contributed by atoms with van der Waals surface area (Å²) in [7, 11) is 0. The summed E-state index contributed by atoms with van der Waals surface area (Å²) in [6.07, 6.45) is 3.88. The molecule has 2 unspecified atom stereocenters. The zero-order valence-corrected chi connectivity index (χ0v) is 11.3. The lowest BCUT2D eigenvalue weighted by molar-refractivity contribution is 0.175. The molecule has 1 saturated carbocycles. The number of benzene rings is 1. The van der Waals surface area contributed by atoms with Crippen molar-refractivity contribution in [1.82, 2.24) is 5.32 Å². The monoisotopic (exact) mass is 249 g/mol. The van der Waals surface area contributed by atoms with Gasteiger partial charge < -0.3 is 14.8 Å². The molecule has 0 amide bonds. The van der Waals surface area contributed by atoms with Crippen LogP contribution < -0.4 is 14.8 Å². The second kappa shape index (κ2) is 6.64. The van der Waals surface area contributed by atoms with Crippen LogP contribution in [-0.4, -0.2) is 25.3 Å². The normalized spacial score (nSPS) is 23.0. The van der Waals surface area contributed by atoms with Crippen LogP contribution in [0.4, 0.5) is 0 Å². The van der Waals surface area contributed by atoms with E-state index in [1.54, 1.807) is 0 Å². The van der Waals surface area contributed by atoms with E-state index in [2.05, 4.69) is 12.2 Å². The Balaban J connectivity index is 1.97. The number of rotatable bonds is 6. The van der Waals surface area contributed by atoms with E-state index in [4.69, 9.17) is 9.47 Å². The SMILES string of the molecule is CCNC1CCCC1Oc1cccc(OCC)c1.